The standard InChI is InChI=1S/C17H29N3O/c1-17(2)15(11-16(17)21-3)18-12-13-9-10-20(19-13)14-7-5-4-6-8-14/h9-10,14-16,18H,4-8,11-12H2,1-3H3. The fraction of sp³-hybridized carbons (Fsp3) is 0.824. The van der Waals surface area contributed by atoms with E-state index in [4.69, 9.17) is 9.84 Å². The molecule has 2 unspecified atom stereocenters. The third-order valence-electron chi connectivity index (χ3n) is 5.60. The Morgan fingerprint density at radius 3 is 2.76 bits per heavy atom. The summed E-state index contributed by atoms with van der Waals surface area (Å²) < 4.78 is 7.70. The lowest BCUT2D eigenvalue weighted by molar-refractivity contribution is -0.0979. The molecule has 1 aromatic heterocycles. The number of nitrogens with zero attached hydrogens (tertiary/aromatic N) is 2. The highest BCUT2D eigenvalue weighted by Crippen LogP contribution is 2.42. The maximum atomic E-state index is 5.51. The number of nitrogens with one attached hydrogen (secondary N) is 1. The molecule has 4 heteroatoms. The van der Waals surface area contributed by atoms with Crippen LogP contribution < -0.4 is 5.32 Å². The molecule has 0 radical (unpaired) electrons. The fourth-order valence-electron chi connectivity index (χ4n) is 3.88. The van der Waals surface area contributed by atoms with Gasteiger partial charge in [-0.05, 0) is 25.3 Å². The number of hydrogen-bond donors (Lipinski definition) is 1. The predicted molar refractivity (Wildman–Crippen MR) is 84.2 cm³/mol. The van der Waals surface area contributed by atoms with E-state index in [9.17, 15) is 0 Å². The molecule has 0 aliphatic heterocycles. The third-order valence-corrected chi connectivity index (χ3v) is 5.60. The van der Waals surface area contributed by atoms with Crippen LogP contribution in [0.25, 0.3) is 0 Å². The minimum atomic E-state index is 0.223. The van der Waals surface area contributed by atoms with Gasteiger partial charge in [0.15, 0.2) is 0 Å². The molecule has 1 N–H and O–H groups in total. The molecule has 2 atom stereocenters. The van der Waals surface area contributed by atoms with Gasteiger partial charge in [0.25, 0.3) is 0 Å². The van der Waals surface area contributed by atoms with Crippen molar-refractivity contribution in [3.63, 3.8) is 0 Å². The summed E-state index contributed by atoms with van der Waals surface area (Å²) in [6, 6.07) is 3.33. The highest BCUT2D eigenvalue weighted by molar-refractivity contribution is 5.05. The van der Waals surface area contributed by atoms with Gasteiger partial charge in [-0.25, -0.2) is 0 Å². The van der Waals surface area contributed by atoms with Gasteiger partial charge >= 0.3 is 0 Å². The maximum absolute atomic E-state index is 5.51. The predicted octanol–water partition coefficient (Wildman–Crippen LogP) is 3.29. The quantitative estimate of drug-likeness (QED) is 0.905. The van der Waals surface area contributed by atoms with E-state index in [0.29, 0.717) is 18.2 Å². The summed E-state index contributed by atoms with van der Waals surface area (Å²) in [7, 11) is 1.81. The highest BCUT2D eigenvalue weighted by atomic mass is 16.5. The molecular weight excluding hydrogens is 262 g/mol. The molecule has 0 amide bonds. The van der Waals surface area contributed by atoms with Crippen LogP contribution in [-0.4, -0.2) is 29.0 Å². The second-order valence-corrected chi connectivity index (χ2v) is 7.29. The first kappa shape index (κ1) is 15.0. The van der Waals surface area contributed by atoms with Crippen molar-refractivity contribution in [1.82, 2.24) is 15.1 Å². The first-order valence-corrected chi connectivity index (χ1v) is 8.41. The zero-order valence-electron chi connectivity index (χ0n) is 13.6. The summed E-state index contributed by atoms with van der Waals surface area (Å²) in [4.78, 5) is 0. The Balaban J connectivity index is 1.51. The van der Waals surface area contributed by atoms with Crippen molar-refractivity contribution >= 4 is 0 Å². The topological polar surface area (TPSA) is 39.1 Å². The van der Waals surface area contributed by atoms with Gasteiger partial charge < -0.3 is 10.1 Å². The van der Waals surface area contributed by atoms with Crippen molar-refractivity contribution in [2.45, 2.75) is 77.1 Å². The number of ether oxygens (including phenoxy) is 1. The molecular formula is C17H29N3O. The van der Waals surface area contributed by atoms with Gasteiger partial charge in [0, 0.05) is 31.3 Å². The molecule has 2 fully saturated rings. The largest absolute Gasteiger partial charge is 0.381 e. The van der Waals surface area contributed by atoms with Crippen molar-refractivity contribution < 1.29 is 4.74 Å². The minimum Gasteiger partial charge on any atom is -0.381 e. The van der Waals surface area contributed by atoms with Crippen LogP contribution in [0.2, 0.25) is 0 Å². The Hall–Kier alpha value is -0.870. The first-order chi connectivity index (χ1) is 10.1. The minimum absolute atomic E-state index is 0.223. The van der Waals surface area contributed by atoms with Crippen LogP contribution in [0.1, 0.15) is 64.1 Å². The molecule has 3 rings (SSSR count). The van der Waals surface area contributed by atoms with Crippen LogP contribution in [0.15, 0.2) is 12.3 Å². The monoisotopic (exact) mass is 291 g/mol. The van der Waals surface area contributed by atoms with Crippen LogP contribution in [0.5, 0.6) is 0 Å². The molecule has 2 saturated carbocycles. The summed E-state index contributed by atoms with van der Waals surface area (Å²) in [5, 5.41) is 8.42. The lowest BCUT2D eigenvalue weighted by Crippen LogP contribution is -2.60. The molecule has 2 aliphatic rings. The lowest BCUT2D eigenvalue weighted by Gasteiger charge is -2.51. The molecule has 118 valence electrons. The van der Waals surface area contributed by atoms with Crippen molar-refractivity contribution in [3.8, 4) is 0 Å². The zero-order chi connectivity index (χ0) is 14.9. The molecule has 0 bridgehead atoms. The molecule has 0 saturated heterocycles. The summed E-state index contributed by atoms with van der Waals surface area (Å²) >= 11 is 0. The molecule has 4 nitrogen and oxygen atoms in total. The van der Waals surface area contributed by atoms with E-state index < -0.39 is 0 Å². The van der Waals surface area contributed by atoms with Gasteiger partial charge in [-0.15, -0.1) is 0 Å². The molecule has 1 aromatic rings. The zero-order valence-corrected chi connectivity index (χ0v) is 13.6. The maximum Gasteiger partial charge on any atom is 0.0762 e. The Morgan fingerprint density at radius 1 is 1.33 bits per heavy atom. The van der Waals surface area contributed by atoms with Crippen molar-refractivity contribution in [1.29, 1.82) is 0 Å². The van der Waals surface area contributed by atoms with E-state index in [2.05, 4.69) is 36.1 Å². The first-order valence-electron chi connectivity index (χ1n) is 8.41. The molecule has 0 spiro atoms. The van der Waals surface area contributed by atoms with E-state index in [1.807, 2.05) is 7.11 Å². The summed E-state index contributed by atoms with van der Waals surface area (Å²) in [5.41, 5.74) is 1.39. The van der Waals surface area contributed by atoms with E-state index in [1.54, 1.807) is 0 Å². The third kappa shape index (κ3) is 3.02. The lowest BCUT2D eigenvalue weighted by atomic mass is 9.64. The second kappa shape index (κ2) is 6.09. The van der Waals surface area contributed by atoms with E-state index >= 15 is 0 Å². The van der Waals surface area contributed by atoms with Crippen LogP contribution >= 0.6 is 0 Å². The molecule has 1 heterocycles. The van der Waals surface area contributed by atoms with E-state index in [-0.39, 0.29) is 5.41 Å². The average molecular weight is 291 g/mol. The van der Waals surface area contributed by atoms with Gasteiger partial charge in [0.05, 0.1) is 17.8 Å². The van der Waals surface area contributed by atoms with Gasteiger partial charge in [-0.2, -0.15) is 5.10 Å². The SMILES string of the molecule is COC1CC(NCc2ccn(C3CCCCC3)n2)C1(C)C. The smallest absolute Gasteiger partial charge is 0.0762 e. The summed E-state index contributed by atoms with van der Waals surface area (Å²) in [6.07, 6.45) is 10.3. The van der Waals surface area contributed by atoms with Crippen molar-refractivity contribution in [2.75, 3.05) is 7.11 Å². The Morgan fingerprint density at radius 2 is 2.10 bits per heavy atom. The summed E-state index contributed by atoms with van der Waals surface area (Å²) in [5.74, 6) is 0. The second-order valence-electron chi connectivity index (χ2n) is 7.29. The van der Waals surface area contributed by atoms with Gasteiger partial charge in [-0.3, -0.25) is 4.68 Å². The number of methoxy groups -OCH3 is 1. The van der Waals surface area contributed by atoms with E-state index in [1.165, 1.54) is 32.1 Å². The number of aromatic nitrogens is 2. The van der Waals surface area contributed by atoms with Crippen LogP contribution in [-0.2, 0) is 11.3 Å². The van der Waals surface area contributed by atoms with E-state index in [0.717, 1.165) is 18.7 Å². The fourth-order valence-corrected chi connectivity index (χ4v) is 3.88. The molecule has 0 aromatic carbocycles. The Labute approximate surface area is 128 Å². The highest BCUT2D eigenvalue weighted by Gasteiger charge is 2.48. The molecule has 21 heavy (non-hydrogen) atoms. The van der Waals surface area contributed by atoms with Crippen molar-refractivity contribution in [3.05, 3.63) is 18.0 Å². The Bertz CT molecular complexity index is 462. The number of hydrogen-bond acceptors (Lipinski definition) is 3. The van der Waals surface area contributed by atoms with Gasteiger partial charge in [-0.1, -0.05) is 33.1 Å². The summed E-state index contributed by atoms with van der Waals surface area (Å²) in [6.45, 7) is 5.43. The van der Waals surface area contributed by atoms with Crippen molar-refractivity contribution in [2.24, 2.45) is 5.41 Å². The normalized spacial score (nSPS) is 29.3. The molecule has 2 aliphatic carbocycles. The Kier molecular flexibility index (Phi) is 4.36. The van der Waals surface area contributed by atoms with Crippen LogP contribution in [0.3, 0.4) is 0 Å². The van der Waals surface area contributed by atoms with Gasteiger partial charge in [0.1, 0.15) is 0 Å². The number of rotatable bonds is 5. The van der Waals surface area contributed by atoms with Crippen LogP contribution in [0.4, 0.5) is 0 Å². The van der Waals surface area contributed by atoms with Crippen LogP contribution in [0, 0.1) is 5.41 Å². The van der Waals surface area contributed by atoms with Gasteiger partial charge in [0.2, 0.25) is 0 Å². The average Bonchev–Trinajstić information content (AvgIpc) is 2.96.